The number of carbonyl (C=O) groups excluding carboxylic acids is 1. The number of nitrogens with one attached hydrogen (secondary N) is 1. The van der Waals surface area contributed by atoms with E-state index in [0.717, 1.165) is 5.56 Å². The number of anilines is 1. The van der Waals surface area contributed by atoms with Crippen molar-refractivity contribution in [2.24, 2.45) is 4.40 Å². The minimum Gasteiger partial charge on any atom is -0.339 e. The molecule has 2 aliphatic heterocycles. The van der Waals surface area contributed by atoms with Gasteiger partial charge in [-0.1, -0.05) is 24.3 Å². The SMILES string of the molecule is CC1c2c(F)cccc2CCN1C(=O)c1ccc(NC2=NS(=O)(=O)c3ccccc32)cc1. The lowest BCUT2D eigenvalue weighted by Crippen LogP contribution is -2.39. The second-order valence-electron chi connectivity index (χ2n) is 7.85. The van der Waals surface area contributed by atoms with Crippen LogP contribution in [0.15, 0.2) is 76.0 Å². The van der Waals surface area contributed by atoms with Gasteiger partial charge in [0, 0.05) is 28.9 Å². The summed E-state index contributed by atoms with van der Waals surface area (Å²) >= 11 is 0. The average molecular weight is 450 g/mol. The molecule has 0 bridgehead atoms. The van der Waals surface area contributed by atoms with Crippen LogP contribution in [0.5, 0.6) is 0 Å². The summed E-state index contributed by atoms with van der Waals surface area (Å²) in [7, 11) is -3.71. The van der Waals surface area contributed by atoms with Crippen LogP contribution >= 0.6 is 0 Å². The van der Waals surface area contributed by atoms with E-state index in [1.165, 1.54) is 12.1 Å². The van der Waals surface area contributed by atoms with E-state index in [2.05, 4.69) is 9.71 Å². The zero-order valence-corrected chi connectivity index (χ0v) is 18.1. The first kappa shape index (κ1) is 20.4. The first-order valence-corrected chi connectivity index (χ1v) is 11.7. The zero-order chi connectivity index (χ0) is 22.5. The van der Waals surface area contributed by atoms with E-state index >= 15 is 0 Å². The Morgan fingerprint density at radius 2 is 1.81 bits per heavy atom. The van der Waals surface area contributed by atoms with Crippen molar-refractivity contribution in [3.63, 3.8) is 0 Å². The largest absolute Gasteiger partial charge is 0.339 e. The van der Waals surface area contributed by atoms with Crippen LogP contribution in [0.1, 0.15) is 40.0 Å². The number of halogens is 1. The molecule has 0 aliphatic carbocycles. The summed E-state index contributed by atoms with van der Waals surface area (Å²) in [5.74, 6) is -0.222. The standard InChI is InChI=1S/C24H20FN3O3S/c1-15-22-16(5-4-7-20(22)25)13-14-28(15)24(29)17-9-11-18(12-10-17)26-23-19-6-2-3-8-21(19)32(30,31)27-23/h2-12,15H,13-14H2,1H3,(H,26,27). The lowest BCUT2D eigenvalue weighted by molar-refractivity contribution is 0.0674. The Balaban J connectivity index is 1.36. The first-order valence-electron chi connectivity index (χ1n) is 10.2. The van der Waals surface area contributed by atoms with Gasteiger partial charge in [0.1, 0.15) is 10.7 Å². The summed E-state index contributed by atoms with van der Waals surface area (Å²) in [6.45, 7) is 2.35. The van der Waals surface area contributed by atoms with E-state index in [9.17, 15) is 17.6 Å². The molecular formula is C24H20FN3O3S. The number of amides is 1. The molecule has 1 unspecified atom stereocenters. The Bertz CT molecular complexity index is 1370. The van der Waals surface area contributed by atoms with Crippen molar-refractivity contribution in [2.75, 3.05) is 11.9 Å². The molecule has 3 aromatic rings. The van der Waals surface area contributed by atoms with Gasteiger partial charge in [-0.15, -0.1) is 4.40 Å². The number of fused-ring (bicyclic) bond motifs is 2. The number of rotatable bonds is 2. The van der Waals surface area contributed by atoms with E-state index in [1.54, 1.807) is 53.4 Å². The molecule has 1 amide bonds. The lowest BCUT2D eigenvalue weighted by atomic mass is 9.92. The number of hydrogen-bond donors (Lipinski definition) is 1. The van der Waals surface area contributed by atoms with Gasteiger partial charge in [0.2, 0.25) is 0 Å². The Kier molecular flexibility index (Phi) is 4.82. The van der Waals surface area contributed by atoms with Gasteiger partial charge in [-0.25, -0.2) is 4.39 Å². The number of nitrogens with zero attached hydrogens (tertiary/aromatic N) is 2. The molecule has 2 heterocycles. The number of amidine groups is 1. The van der Waals surface area contributed by atoms with Gasteiger partial charge in [-0.3, -0.25) is 4.79 Å². The molecule has 1 N–H and O–H groups in total. The number of carbonyl (C=O) groups is 1. The summed E-state index contributed by atoms with van der Waals surface area (Å²) < 4.78 is 42.6. The molecule has 0 saturated heterocycles. The maximum atomic E-state index is 14.4. The predicted octanol–water partition coefficient (Wildman–Crippen LogP) is 4.15. The average Bonchev–Trinajstić information content (AvgIpc) is 3.04. The molecule has 5 rings (SSSR count). The molecule has 0 saturated carbocycles. The van der Waals surface area contributed by atoms with Crippen LogP contribution in [0.2, 0.25) is 0 Å². The summed E-state index contributed by atoms with van der Waals surface area (Å²) in [6, 6.07) is 18.0. The molecule has 1 atom stereocenters. The maximum absolute atomic E-state index is 14.4. The van der Waals surface area contributed by atoms with Crippen LogP contribution < -0.4 is 5.32 Å². The quantitative estimate of drug-likeness (QED) is 0.638. The lowest BCUT2D eigenvalue weighted by Gasteiger charge is -2.35. The second kappa shape index (κ2) is 7.56. The molecule has 3 aromatic carbocycles. The highest BCUT2D eigenvalue weighted by molar-refractivity contribution is 7.90. The fraction of sp³-hybridized carbons (Fsp3) is 0.167. The normalized spacial score (nSPS) is 18.5. The van der Waals surface area contributed by atoms with Crippen molar-refractivity contribution in [2.45, 2.75) is 24.3 Å². The van der Waals surface area contributed by atoms with Crippen LogP contribution in [-0.4, -0.2) is 31.6 Å². The predicted molar refractivity (Wildman–Crippen MR) is 120 cm³/mol. The molecule has 32 heavy (non-hydrogen) atoms. The highest BCUT2D eigenvalue weighted by Crippen LogP contribution is 2.33. The molecule has 162 valence electrons. The summed E-state index contributed by atoms with van der Waals surface area (Å²) in [6.07, 6.45) is 0.608. The third-order valence-corrected chi connectivity index (χ3v) is 7.27. The van der Waals surface area contributed by atoms with Crippen LogP contribution in [-0.2, 0) is 16.4 Å². The molecule has 0 fully saturated rings. The van der Waals surface area contributed by atoms with Gasteiger partial charge in [-0.05, 0) is 61.4 Å². The van der Waals surface area contributed by atoms with Gasteiger partial charge < -0.3 is 10.2 Å². The van der Waals surface area contributed by atoms with Crippen molar-refractivity contribution in [3.05, 3.63) is 94.8 Å². The molecule has 6 nitrogen and oxygen atoms in total. The van der Waals surface area contributed by atoms with Gasteiger partial charge in [0.05, 0.1) is 6.04 Å². The highest BCUT2D eigenvalue weighted by atomic mass is 32.2. The van der Waals surface area contributed by atoms with Crippen LogP contribution in [0, 0.1) is 5.82 Å². The third-order valence-electron chi connectivity index (χ3n) is 5.94. The number of sulfonamides is 1. The van der Waals surface area contributed by atoms with E-state index < -0.39 is 10.0 Å². The smallest absolute Gasteiger partial charge is 0.285 e. The molecule has 0 aromatic heterocycles. The Morgan fingerprint density at radius 1 is 1.06 bits per heavy atom. The zero-order valence-electron chi connectivity index (χ0n) is 17.2. The Morgan fingerprint density at radius 3 is 2.59 bits per heavy atom. The van der Waals surface area contributed by atoms with Gasteiger partial charge in [0.15, 0.2) is 5.84 Å². The number of hydrogen-bond acceptors (Lipinski definition) is 4. The maximum Gasteiger partial charge on any atom is 0.285 e. The van der Waals surface area contributed by atoms with E-state index in [1.807, 2.05) is 13.0 Å². The van der Waals surface area contributed by atoms with Crippen molar-refractivity contribution < 1.29 is 17.6 Å². The molecule has 0 spiro atoms. The topological polar surface area (TPSA) is 78.8 Å². The monoisotopic (exact) mass is 449 g/mol. The summed E-state index contributed by atoms with van der Waals surface area (Å²) in [4.78, 5) is 15.0. The Hall–Kier alpha value is -3.52. The minimum atomic E-state index is -3.71. The number of benzene rings is 3. The van der Waals surface area contributed by atoms with Crippen molar-refractivity contribution in [3.8, 4) is 0 Å². The molecule has 8 heteroatoms. The van der Waals surface area contributed by atoms with E-state index in [-0.39, 0.29) is 28.5 Å². The molecule has 0 radical (unpaired) electrons. The molecule has 2 aliphatic rings. The van der Waals surface area contributed by atoms with Gasteiger partial charge >= 0.3 is 0 Å². The van der Waals surface area contributed by atoms with Gasteiger partial charge in [0.25, 0.3) is 15.9 Å². The third kappa shape index (κ3) is 3.36. The Labute approximate surface area is 185 Å². The van der Waals surface area contributed by atoms with Crippen LogP contribution in [0.25, 0.3) is 0 Å². The van der Waals surface area contributed by atoms with E-state index in [4.69, 9.17) is 0 Å². The van der Waals surface area contributed by atoms with Crippen molar-refractivity contribution in [1.29, 1.82) is 0 Å². The summed E-state index contributed by atoms with van der Waals surface area (Å²) in [5.41, 5.74) is 3.10. The van der Waals surface area contributed by atoms with Gasteiger partial charge in [-0.2, -0.15) is 8.42 Å². The molecular weight excluding hydrogens is 429 g/mol. The van der Waals surface area contributed by atoms with Crippen molar-refractivity contribution in [1.82, 2.24) is 4.90 Å². The minimum absolute atomic E-state index is 0.167. The summed E-state index contributed by atoms with van der Waals surface area (Å²) in [5, 5.41) is 3.02. The highest BCUT2D eigenvalue weighted by Gasteiger charge is 2.31. The fourth-order valence-electron chi connectivity index (χ4n) is 4.33. The van der Waals surface area contributed by atoms with Crippen molar-refractivity contribution >= 4 is 27.5 Å². The second-order valence-corrected chi connectivity index (χ2v) is 9.42. The van der Waals surface area contributed by atoms with Crippen LogP contribution in [0.4, 0.5) is 10.1 Å². The van der Waals surface area contributed by atoms with Crippen LogP contribution in [0.3, 0.4) is 0 Å². The first-order chi connectivity index (χ1) is 15.3. The fourth-order valence-corrected chi connectivity index (χ4v) is 5.51. The van der Waals surface area contributed by atoms with E-state index in [0.29, 0.717) is 35.3 Å².